The van der Waals surface area contributed by atoms with E-state index in [4.69, 9.17) is 9.63 Å². The quantitative estimate of drug-likeness (QED) is 0.777. The average Bonchev–Trinajstić information content (AvgIpc) is 2.99. The van der Waals surface area contributed by atoms with Crippen molar-refractivity contribution in [3.8, 4) is 0 Å². The van der Waals surface area contributed by atoms with Gasteiger partial charge in [0.1, 0.15) is 0 Å². The van der Waals surface area contributed by atoms with E-state index in [1.54, 1.807) is 12.3 Å². The van der Waals surface area contributed by atoms with Crippen molar-refractivity contribution in [3.63, 3.8) is 0 Å². The lowest BCUT2D eigenvalue weighted by Crippen LogP contribution is -1.99. The van der Waals surface area contributed by atoms with Crippen molar-refractivity contribution in [2.75, 3.05) is 0 Å². The highest BCUT2D eigenvalue weighted by Gasteiger charge is 2.11. The van der Waals surface area contributed by atoms with E-state index >= 15 is 0 Å². The van der Waals surface area contributed by atoms with Crippen LogP contribution in [0, 0.1) is 0 Å². The summed E-state index contributed by atoms with van der Waals surface area (Å²) < 4.78 is 7.07. The molecular formula is C14H12N2O3. The van der Waals surface area contributed by atoms with Crippen molar-refractivity contribution in [2.24, 2.45) is 0 Å². The molecule has 0 bridgehead atoms. The van der Waals surface area contributed by atoms with Gasteiger partial charge >= 0.3 is 5.97 Å². The molecule has 1 aromatic carbocycles. The Hall–Kier alpha value is -2.56. The summed E-state index contributed by atoms with van der Waals surface area (Å²) in [5, 5.41) is 13.6. The number of hydrogen-bond donors (Lipinski definition) is 1. The van der Waals surface area contributed by atoms with Crippen LogP contribution in [0.3, 0.4) is 0 Å². The Bertz CT molecular complexity index is 713. The van der Waals surface area contributed by atoms with E-state index in [0.29, 0.717) is 6.54 Å². The summed E-state index contributed by atoms with van der Waals surface area (Å²) in [5.74, 6) is -0.0924. The molecule has 0 saturated heterocycles. The molecule has 0 radical (unpaired) electrons. The maximum absolute atomic E-state index is 10.9. The summed E-state index contributed by atoms with van der Waals surface area (Å²) in [6, 6.07) is 9.55. The molecule has 19 heavy (non-hydrogen) atoms. The van der Waals surface area contributed by atoms with Gasteiger partial charge in [-0.3, -0.25) is 4.79 Å². The Balaban J connectivity index is 2.06. The number of carboxylic acids is 1. The van der Waals surface area contributed by atoms with Gasteiger partial charge in [0.25, 0.3) is 0 Å². The summed E-state index contributed by atoms with van der Waals surface area (Å²) >= 11 is 0. The summed E-state index contributed by atoms with van der Waals surface area (Å²) in [6.45, 7) is 0.542. The molecule has 3 rings (SSSR count). The molecule has 96 valence electrons. The summed E-state index contributed by atoms with van der Waals surface area (Å²) in [7, 11) is 0. The lowest BCUT2D eigenvalue weighted by Gasteiger charge is -2.01. The molecule has 0 atom stereocenters. The molecule has 1 N–H and O–H groups in total. The molecule has 2 heterocycles. The predicted octanol–water partition coefficient (Wildman–Crippen LogP) is 2.30. The van der Waals surface area contributed by atoms with Gasteiger partial charge in [0.15, 0.2) is 5.76 Å². The molecule has 0 amide bonds. The van der Waals surface area contributed by atoms with Gasteiger partial charge in [0.05, 0.1) is 19.2 Å². The lowest BCUT2D eigenvalue weighted by atomic mass is 10.1. The second kappa shape index (κ2) is 4.61. The molecule has 0 fully saturated rings. The van der Waals surface area contributed by atoms with Gasteiger partial charge < -0.3 is 14.2 Å². The van der Waals surface area contributed by atoms with E-state index in [1.165, 1.54) is 0 Å². The van der Waals surface area contributed by atoms with Gasteiger partial charge in [-0.15, -0.1) is 0 Å². The third-order valence-electron chi connectivity index (χ3n) is 3.03. The maximum Gasteiger partial charge on any atom is 0.307 e. The van der Waals surface area contributed by atoms with Crippen LogP contribution >= 0.6 is 0 Å². The van der Waals surface area contributed by atoms with Gasteiger partial charge in [0, 0.05) is 23.2 Å². The first-order chi connectivity index (χ1) is 9.24. The van der Waals surface area contributed by atoms with Crippen LogP contribution in [0.1, 0.15) is 11.3 Å². The van der Waals surface area contributed by atoms with Crippen LogP contribution in [-0.4, -0.2) is 20.8 Å². The second-order valence-corrected chi connectivity index (χ2v) is 4.35. The van der Waals surface area contributed by atoms with Crippen LogP contribution in [0.25, 0.3) is 10.9 Å². The molecule has 0 saturated carbocycles. The fourth-order valence-corrected chi connectivity index (χ4v) is 2.25. The first-order valence-corrected chi connectivity index (χ1v) is 5.92. The molecule has 0 unspecified atom stereocenters. The minimum Gasteiger partial charge on any atom is -0.481 e. The van der Waals surface area contributed by atoms with Gasteiger partial charge in [-0.25, -0.2) is 0 Å². The van der Waals surface area contributed by atoms with Crippen LogP contribution in [0.5, 0.6) is 0 Å². The zero-order chi connectivity index (χ0) is 13.2. The number of aliphatic carboxylic acids is 1. The molecule has 3 aromatic rings. The fourth-order valence-electron chi connectivity index (χ4n) is 2.25. The molecule has 5 nitrogen and oxygen atoms in total. The van der Waals surface area contributed by atoms with Crippen molar-refractivity contribution >= 4 is 16.9 Å². The molecular weight excluding hydrogens is 244 g/mol. The fraction of sp³-hybridized carbons (Fsp3) is 0.143. The number of benzene rings is 1. The van der Waals surface area contributed by atoms with Crippen molar-refractivity contribution in [2.45, 2.75) is 13.0 Å². The normalized spacial score (nSPS) is 10.9. The Labute approximate surface area is 109 Å². The number of para-hydroxylation sites is 1. The lowest BCUT2D eigenvalue weighted by molar-refractivity contribution is -0.136. The number of aromatic nitrogens is 2. The standard InChI is InChI=1S/C14H12N2O3/c17-14(18)7-10-8-16(9-11-5-6-15-19-11)13-4-2-1-3-12(10)13/h1-6,8H,7,9H2,(H,17,18). The number of carboxylic acid groups (broad SMARTS) is 1. The maximum atomic E-state index is 10.9. The van der Waals surface area contributed by atoms with E-state index in [0.717, 1.165) is 22.2 Å². The second-order valence-electron chi connectivity index (χ2n) is 4.35. The summed E-state index contributed by atoms with van der Waals surface area (Å²) in [5.41, 5.74) is 1.80. The van der Waals surface area contributed by atoms with Crippen LogP contribution in [0.2, 0.25) is 0 Å². The Morgan fingerprint density at radius 3 is 2.89 bits per heavy atom. The minimum atomic E-state index is -0.831. The molecule has 0 aliphatic rings. The molecule has 0 spiro atoms. The van der Waals surface area contributed by atoms with Gasteiger partial charge in [0.2, 0.25) is 0 Å². The van der Waals surface area contributed by atoms with E-state index < -0.39 is 5.97 Å². The Morgan fingerprint density at radius 1 is 1.32 bits per heavy atom. The topological polar surface area (TPSA) is 68.3 Å². The van der Waals surface area contributed by atoms with E-state index in [-0.39, 0.29) is 6.42 Å². The summed E-state index contributed by atoms with van der Waals surface area (Å²) in [4.78, 5) is 10.9. The smallest absolute Gasteiger partial charge is 0.307 e. The number of rotatable bonds is 4. The van der Waals surface area contributed by atoms with Crippen LogP contribution in [-0.2, 0) is 17.8 Å². The molecule has 0 aliphatic heterocycles. The number of fused-ring (bicyclic) bond motifs is 1. The van der Waals surface area contributed by atoms with Crippen molar-refractivity contribution < 1.29 is 14.4 Å². The number of carbonyl (C=O) groups is 1. The van der Waals surface area contributed by atoms with E-state index in [2.05, 4.69) is 5.16 Å². The van der Waals surface area contributed by atoms with Crippen LogP contribution in [0.15, 0.2) is 47.2 Å². The van der Waals surface area contributed by atoms with Gasteiger partial charge in [-0.2, -0.15) is 0 Å². The summed E-state index contributed by atoms with van der Waals surface area (Å²) in [6.07, 6.45) is 3.48. The number of nitrogens with zero attached hydrogens (tertiary/aromatic N) is 2. The van der Waals surface area contributed by atoms with E-state index in [9.17, 15) is 4.79 Å². The Kier molecular flexibility index (Phi) is 2.79. The largest absolute Gasteiger partial charge is 0.481 e. The third-order valence-corrected chi connectivity index (χ3v) is 3.03. The highest BCUT2D eigenvalue weighted by atomic mass is 16.5. The van der Waals surface area contributed by atoms with Gasteiger partial charge in [-0.1, -0.05) is 23.4 Å². The monoisotopic (exact) mass is 256 g/mol. The first kappa shape index (κ1) is 11.5. The predicted molar refractivity (Wildman–Crippen MR) is 68.9 cm³/mol. The van der Waals surface area contributed by atoms with Crippen molar-refractivity contribution in [1.29, 1.82) is 0 Å². The zero-order valence-electron chi connectivity index (χ0n) is 10.1. The zero-order valence-corrected chi connectivity index (χ0v) is 10.1. The van der Waals surface area contributed by atoms with Gasteiger partial charge in [-0.05, 0) is 11.6 Å². The third kappa shape index (κ3) is 2.22. The van der Waals surface area contributed by atoms with Crippen LogP contribution in [0.4, 0.5) is 0 Å². The highest BCUT2D eigenvalue weighted by molar-refractivity contribution is 5.87. The Morgan fingerprint density at radius 2 is 2.16 bits per heavy atom. The molecule has 5 heteroatoms. The van der Waals surface area contributed by atoms with Crippen molar-refractivity contribution in [1.82, 2.24) is 9.72 Å². The minimum absolute atomic E-state index is 0.0178. The van der Waals surface area contributed by atoms with E-state index in [1.807, 2.05) is 35.0 Å². The van der Waals surface area contributed by atoms with Crippen molar-refractivity contribution in [3.05, 3.63) is 54.0 Å². The average molecular weight is 256 g/mol. The highest BCUT2D eigenvalue weighted by Crippen LogP contribution is 2.22. The molecule has 0 aliphatic carbocycles. The van der Waals surface area contributed by atoms with Crippen LogP contribution < -0.4 is 0 Å². The molecule has 2 aromatic heterocycles. The SMILES string of the molecule is O=C(O)Cc1cn(Cc2ccno2)c2ccccc12. The first-order valence-electron chi connectivity index (χ1n) is 5.92. The number of hydrogen-bond acceptors (Lipinski definition) is 3.